The van der Waals surface area contributed by atoms with Crippen LogP contribution in [0, 0.1) is 0 Å². The molecule has 2 aromatic carbocycles. The maximum Gasteiger partial charge on any atom is 0.174 e. The molecular weight excluding hydrogens is 432 g/mol. The van der Waals surface area contributed by atoms with E-state index in [-0.39, 0.29) is 17.8 Å². The van der Waals surface area contributed by atoms with Gasteiger partial charge in [0, 0.05) is 23.8 Å². The highest BCUT2D eigenvalue weighted by molar-refractivity contribution is 7.80. The number of hydrogen-bond donors (Lipinski definition) is 2. The highest BCUT2D eigenvalue weighted by atomic mass is 32.1. The topological polar surface area (TPSA) is 62.5 Å². The van der Waals surface area contributed by atoms with Gasteiger partial charge >= 0.3 is 0 Å². The van der Waals surface area contributed by atoms with Gasteiger partial charge in [-0.3, -0.25) is 4.98 Å². The minimum Gasteiger partial charge on any atom is -0.506 e. The summed E-state index contributed by atoms with van der Waals surface area (Å²) in [6.07, 6.45) is 3.82. The van der Waals surface area contributed by atoms with Crippen molar-refractivity contribution in [1.29, 1.82) is 0 Å². The maximum absolute atomic E-state index is 10.7. The molecule has 1 aliphatic rings. The molecule has 0 aliphatic carbocycles. The lowest BCUT2D eigenvalue weighted by Crippen LogP contribution is -2.30. The van der Waals surface area contributed by atoms with E-state index in [1.54, 1.807) is 18.3 Å². The monoisotopic (exact) mass is 456 g/mol. The fraction of sp³-hybridized carbons (Fsp3) is 0.154. The second kappa shape index (κ2) is 8.96. The third kappa shape index (κ3) is 3.91. The number of aromatic hydroxyl groups is 1. The molecule has 1 saturated heterocycles. The number of nitrogens with zero attached hydrogens (tertiary/aromatic N) is 3. The van der Waals surface area contributed by atoms with E-state index in [1.165, 1.54) is 0 Å². The second-order valence-electron chi connectivity index (χ2n) is 7.72. The highest BCUT2D eigenvalue weighted by Crippen LogP contribution is 2.44. The summed E-state index contributed by atoms with van der Waals surface area (Å²) in [6, 6.07) is 24.8. The molecule has 1 fully saturated rings. The number of rotatable bonds is 6. The SMILES string of the molecule is CCOc1ccc(-n2cccc2[C@H]2[C@H](c3ccccn3)NC(=S)N2c2ccccc2O)cc1. The van der Waals surface area contributed by atoms with E-state index >= 15 is 0 Å². The lowest BCUT2D eigenvalue weighted by atomic mass is 10.0. The summed E-state index contributed by atoms with van der Waals surface area (Å²) in [4.78, 5) is 6.58. The normalized spacial score (nSPS) is 17.7. The van der Waals surface area contributed by atoms with E-state index in [1.807, 2.05) is 78.7 Å². The van der Waals surface area contributed by atoms with Gasteiger partial charge in [0.05, 0.1) is 24.0 Å². The molecule has 0 spiro atoms. The Morgan fingerprint density at radius 3 is 2.52 bits per heavy atom. The fourth-order valence-corrected chi connectivity index (χ4v) is 4.66. The molecule has 2 atom stereocenters. The number of aromatic nitrogens is 2. The molecule has 2 N–H and O–H groups in total. The van der Waals surface area contributed by atoms with Crippen LogP contribution < -0.4 is 15.0 Å². The summed E-state index contributed by atoms with van der Waals surface area (Å²) in [5.41, 5.74) is 3.55. The highest BCUT2D eigenvalue weighted by Gasteiger charge is 2.42. The number of nitrogens with one attached hydrogen (secondary N) is 1. The van der Waals surface area contributed by atoms with Gasteiger partial charge in [-0.25, -0.2) is 0 Å². The number of phenols is 1. The van der Waals surface area contributed by atoms with Gasteiger partial charge in [0.1, 0.15) is 17.5 Å². The van der Waals surface area contributed by atoms with Gasteiger partial charge in [0.15, 0.2) is 5.11 Å². The van der Waals surface area contributed by atoms with Crippen LogP contribution in [-0.2, 0) is 0 Å². The van der Waals surface area contributed by atoms with Crippen molar-refractivity contribution in [3.05, 3.63) is 103 Å². The molecule has 1 aliphatic heterocycles. The fourth-order valence-electron chi connectivity index (χ4n) is 4.32. The number of thiocarbonyl (C=S) groups is 1. The summed E-state index contributed by atoms with van der Waals surface area (Å²) in [6.45, 7) is 2.60. The quantitative estimate of drug-likeness (QED) is 0.391. The van der Waals surface area contributed by atoms with Crippen molar-refractivity contribution in [1.82, 2.24) is 14.9 Å². The molecule has 0 saturated carbocycles. The van der Waals surface area contributed by atoms with Crippen molar-refractivity contribution in [2.45, 2.75) is 19.0 Å². The Morgan fingerprint density at radius 1 is 1.00 bits per heavy atom. The van der Waals surface area contributed by atoms with Crippen molar-refractivity contribution >= 4 is 23.0 Å². The van der Waals surface area contributed by atoms with Gasteiger partial charge in [-0.15, -0.1) is 0 Å². The Labute approximate surface area is 198 Å². The van der Waals surface area contributed by atoms with Crippen molar-refractivity contribution in [3.8, 4) is 17.2 Å². The third-order valence-corrected chi connectivity index (χ3v) is 6.06. The average Bonchev–Trinajstić information content (AvgIpc) is 3.45. The molecule has 7 heteroatoms. The van der Waals surface area contributed by atoms with E-state index in [2.05, 4.69) is 20.9 Å². The predicted molar refractivity (Wildman–Crippen MR) is 133 cm³/mol. The molecule has 5 rings (SSSR count). The van der Waals surface area contributed by atoms with E-state index in [0.29, 0.717) is 17.4 Å². The lowest BCUT2D eigenvalue weighted by molar-refractivity contribution is 0.340. The summed E-state index contributed by atoms with van der Waals surface area (Å²) in [5, 5.41) is 14.6. The molecule has 6 nitrogen and oxygen atoms in total. The van der Waals surface area contributed by atoms with Crippen molar-refractivity contribution in [2.75, 3.05) is 11.5 Å². The zero-order chi connectivity index (χ0) is 22.8. The van der Waals surface area contributed by atoms with E-state index < -0.39 is 0 Å². The molecule has 0 unspecified atom stereocenters. The Bertz CT molecular complexity index is 1260. The lowest BCUT2D eigenvalue weighted by Gasteiger charge is -2.29. The Kier molecular flexibility index (Phi) is 5.71. The number of pyridine rings is 1. The molecule has 166 valence electrons. The Morgan fingerprint density at radius 2 is 1.79 bits per heavy atom. The minimum absolute atomic E-state index is 0.174. The van der Waals surface area contributed by atoms with Gasteiger partial charge < -0.3 is 24.6 Å². The first-order chi connectivity index (χ1) is 16.2. The molecule has 0 bridgehead atoms. The molecule has 4 aromatic rings. The van der Waals surface area contributed by atoms with Crippen LogP contribution in [0.15, 0.2) is 91.3 Å². The first kappa shape index (κ1) is 21.0. The van der Waals surface area contributed by atoms with Crippen LogP contribution in [0.1, 0.15) is 30.4 Å². The second-order valence-corrected chi connectivity index (χ2v) is 8.10. The molecular formula is C26H24N4O2S. The zero-order valence-corrected chi connectivity index (χ0v) is 18.9. The van der Waals surface area contributed by atoms with Crippen LogP contribution in [-0.4, -0.2) is 26.4 Å². The predicted octanol–water partition coefficient (Wildman–Crippen LogP) is 5.15. The first-order valence-electron chi connectivity index (χ1n) is 10.9. The van der Waals surface area contributed by atoms with Gasteiger partial charge in [-0.1, -0.05) is 18.2 Å². The van der Waals surface area contributed by atoms with Crippen molar-refractivity contribution in [3.63, 3.8) is 0 Å². The average molecular weight is 457 g/mol. The number of benzene rings is 2. The van der Waals surface area contributed by atoms with Gasteiger partial charge in [0.25, 0.3) is 0 Å². The minimum atomic E-state index is -0.234. The number of phenolic OH excluding ortho intramolecular Hbond substituents is 1. The van der Waals surface area contributed by atoms with E-state index in [0.717, 1.165) is 22.8 Å². The van der Waals surface area contributed by atoms with Crippen LogP contribution in [0.5, 0.6) is 11.5 Å². The number of anilines is 1. The molecule has 2 aromatic heterocycles. The number of para-hydroxylation sites is 2. The molecule has 3 heterocycles. The smallest absolute Gasteiger partial charge is 0.174 e. The van der Waals surface area contributed by atoms with Crippen LogP contribution >= 0.6 is 12.2 Å². The van der Waals surface area contributed by atoms with E-state index in [4.69, 9.17) is 17.0 Å². The third-order valence-electron chi connectivity index (χ3n) is 5.75. The number of hydrogen-bond acceptors (Lipinski definition) is 4. The summed E-state index contributed by atoms with van der Waals surface area (Å²) < 4.78 is 7.74. The molecule has 33 heavy (non-hydrogen) atoms. The zero-order valence-electron chi connectivity index (χ0n) is 18.1. The van der Waals surface area contributed by atoms with Crippen LogP contribution in [0.3, 0.4) is 0 Å². The number of ether oxygens (including phenoxy) is 1. The van der Waals surface area contributed by atoms with Gasteiger partial charge in [-0.2, -0.15) is 0 Å². The van der Waals surface area contributed by atoms with Gasteiger partial charge in [0.2, 0.25) is 0 Å². The van der Waals surface area contributed by atoms with Crippen LogP contribution in [0.25, 0.3) is 5.69 Å². The van der Waals surface area contributed by atoms with Crippen LogP contribution in [0.4, 0.5) is 5.69 Å². The summed E-state index contributed by atoms with van der Waals surface area (Å²) >= 11 is 5.77. The summed E-state index contributed by atoms with van der Waals surface area (Å²) in [7, 11) is 0. The first-order valence-corrected chi connectivity index (χ1v) is 11.3. The van der Waals surface area contributed by atoms with Crippen molar-refractivity contribution in [2.24, 2.45) is 0 Å². The Balaban J connectivity index is 1.63. The Hall–Kier alpha value is -3.84. The van der Waals surface area contributed by atoms with Gasteiger partial charge in [-0.05, 0) is 79.8 Å². The van der Waals surface area contributed by atoms with E-state index in [9.17, 15) is 5.11 Å². The standard InChI is InChI=1S/C26H24N4O2S/c1-2-32-19-14-12-18(13-15-19)29-17-7-10-22(29)25-24(20-8-5-6-16-27-20)28-26(33)30(25)21-9-3-4-11-23(21)31/h3-17,24-25,31H,2H2,1H3,(H,28,33)/t24-,25-/m0/s1. The van der Waals surface area contributed by atoms with Crippen molar-refractivity contribution < 1.29 is 9.84 Å². The molecule has 0 radical (unpaired) electrons. The largest absolute Gasteiger partial charge is 0.506 e. The molecule has 0 amide bonds. The summed E-state index contributed by atoms with van der Waals surface area (Å²) in [5.74, 6) is 1.01. The maximum atomic E-state index is 10.7. The van der Waals surface area contributed by atoms with Crippen LogP contribution in [0.2, 0.25) is 0 Å².